The predicted molar refractivity (Wildman–Crippen MR) is 124 cm³/mol. The third-order valence-electron chi connectivity index (χ3n) is 4.97. The molecule has 11 heteroatoms. The molecule has 2 N–H and O–H groups in total. The SMILES string of the molecule is O=C(Nc1ccc(S(=O)(=O)N2CCCC2)cc1)c1ccc(NS(=O)(=O)c2cccs2)cc1. The Kier molecular flexibility index (Phi) is 6.33. The van der Waals surface area contributed by atoms with Gasteiger partial charge in [-0.1, -0.05) is 6.07 Å². The van der Waals surface area contributed by atoms with Crippen LogP contribution >= 0.6 is 11.3 Å². The molecule has 0 aliphatic carbocycles. The lowest BCUT2D eigenvalue weighted by atomic mass is 10.2. The van der Waals surface area contributed by atoms with Crippen LogP contribution in [-0.2, 0) is 20.0 Å². The van der Waals surface area contributed by atoms with E-state index in [1.54, 1.807) is 23.6 Å². The summed E-state index contributed by atoms with van der Waals surface area (Å²) in [6.07, 6.45) is 1.73. The number of benzene rings is 2. The van der Waals surface area contributed by atoms with Gasteiger partial charge in [0.2, 0.25) is 10.0 Å². The second-order valence-corrected chi connectivity index (χ2v) is 12.0. The minimum atomic E-state index is -3.66. The molecular weight excluding hydrogens is 470 g/mol. The van der Waals surface area contributed by atoms with Crippen LogP contribution in [0, 0.1) is 0 Å². The van der Waals surface area contributed by atoms with E-state index in [0.717, 1.165) is 24.2 Å². The quantitative estimate of drug-likeness (QED) is 0.525. The van der Waals surface area contributed by atoms with Crippen molar-refractivity contribution in [1.82, 2.24) is 4.31 Å². The summed E-state index contributed by atoms with van der Waals surface area (Å²) in [5, 5.41) is 4.39. The molecule has 0 bridgehead atoms. The number of nitrogens with zero attached hydrogens (tertiary/aromatic N) is 1. The Balaban J connectivity index is 1.41. The number of hydrogen-bond acceptors (Lipinski definition) is 6. The summed E-state index contributed by atoms with van der Waals surface area (Å²) in [6, 6.07) is 15.2. The molecule has 168 valence electrons. The van der Waals surface area contributed by atoms with Gasteiger partial charge < -0.3 is 5.32 Å². The number of rotatable bonds is 7. The van der Waals surface area contributed by atoms with Crippen molar-refractivity contribution in [3.8, 4) is 0 Å². The van der Waals surface area contributed by atoms with Gasteiger partial charge >= 0.3 is 0 Å². The fraction of sp³-hybridized carbons (Fsp3) is 0.190. The van der Waals surface area contributed by atoms with Crippen molar-refractivity contribution in [3.05, 3.63) is 71.6 Å². The number of amides is 1. The fourth-order valence-electron chi connectivity index (χ4n) is 3.30. The number of hydrogen-bond donors (Lipinski definition) is 2. The third-order valence-corrected chi connectivity index (χ3v) is 9.67. The van der Waals surface area contributed by atoms with Crippen LogP contribution in [0.2, 0.25) is 0 Å². The van der Waals surface area contributed by atoms with E-state index in [4.69, 9.17) is 0 Å². The van der Waals surface area contributed by atoms with Crippen molar-refractivity contribution in [2.75, 3.05) is 23.1 Å². The van der Waals surface area contributed by atoms with E-state index in [1.807, 2.05) is 0 Å². The van der Waals surface area contributed by atoms with E-state index in [9.17, 15) is 21.6 Å². The monoisotopic (exact) mass is 491 g/mol. The molecule has 1 aliphatic rings. The predicted octanol–water partition coefficient (Wildman–Crippen LogP) is 3.59. The van der Waals surface area contributed by atoms with E-state index < -0.39 is 26.0 Å². The van der Waals surface area contributed by atoms with E-state index in [-0.39, 0.29) is 9.10 Å². The molecule has 3 aromatic rings. The van der Waals surface area contributed by atoms with Crippen molar-refractivity contribution in [2.24, 2.45) is 0 Å². The smallest absolute Gasteiger partial charge is 0.271 e. The molecule has 8 nitrogen and oxygen atoms in total. The Morgan fingerprint density at radius 3 is 2.06 bits per heavy atom. The summed E-state index contributed by atoms with van der Waals surface area (Å²) < 4.78 is 53.9. The van der Waals surface area contributed by atoms with Crippen LogP contribution in [0.25, 0.3) is 0 Å². The number of nitrogens with one attached hydrogen (secondary N) is 2. The first-order valence-electron chi connectivity index (χ1n) is 9.84. The number of carbonyl (C=O) groups excluding carboxylic acids is 1. The zero-order valence-electron chi connectivity index (χ0n) is 16.9. The van der Waals surface area contributed by atoms with Crippen molar-refractivity contribution in [3.63, 3.8) is 0 Å². The van der Waals surface area contributed by atoms with E-state index >= 15 is 0 Å². The maximum atomic E-state index is 12.6. The Morgan fingerprint density at radius 2 is 1.47 bits per heavy atom. The zero-order valence-corrected chi connectivity index (χ0v) is 19.3. The molecule has 32 heavy (non-hydrogen) atoms. The Bertz CT molecular complexity index is 1300. The van der Waals surface area contributed by atoms with Crippen LogP contribution in [0.4, 0.5) is 11.4 Å². The highest BCUT2D eigenvalue weighted by Crippen LogP contribution is 2.23. The van der Waals surface area contributed by atoms with Crippen LogP contribution < -0.4 is 10.0 Å². The van der Waals surface area contributed by atoms with Gasteiger partial charge in [-0.15, -0.1) is 11.3 Å². The number of carbonyl (C=O) groups is 1. The van der Waals surface area contributed by atoms with Gasteiger partial charge in [0.15, 0.2) is 0 Å². The Hall–Kier alpha value is -2.73. The summed E-state index contributed by atoms with van der Waals surface area (Å²) in [5.41, 5.74) is 1.13. The fourth-order valence-corrected chi connectivity index (χ4v) is 6.87. The first-order chi connectivity index (χ1) is 15.3. The highest BCUT2D eigenvalue weighted by Gasteiger charge is 2.27. The van der Waals surface area contributed by atoms with Gasteiger partial charge in [0.25, 0.3) is 15.9 Å². The van der Waals surface area contributed by atoms with Crippen molar-refractivity contribution in [2.45, 2.75) is 21.9 Å². The van der Waals surface area contributed by atoms with Crippen LogP contribution in [0.5, 0.6) is 0 Å². The summed E-state index contributed by atoms with van der Waals surface area (Å²) in [7, 11) is -7.17. The maximum absolute atomic E-state index is 12.6. The minimum absolute atomic E-state index is 0.194. The topological polar surface area (TPSA) is 113 Å². The molecule has 1 aliphatic heterocycles. The number of anilines is 2. The molecular formula is C21H21N3O5S3. The number of thiophene rings is 1. The zero-order chi connectivity index (χ0) is 22.8. The molecule has 0 saturated carbocycles. The molecule has 0 spiro atoms. The third kappa shape index (κ3) is 4.85. The van der Waals surface area contributed by atoms with Crippen LogP contribution in [0.15, 0.2) is 75.1 Å². The lowest BCUT2D eigenvalue weighted by molar-refractivity contribution is 0.102. The normalized spacial score (nSPS) is 14.9. The highest BCUT2D eigenvalue weighted by atomic mass is 32.2. The highest BCUT2D eigenvalue weighted by molar-refractivity contribution is 7.94. The van der Waals surface area contributed by atoms with Gasteiger partial charge in [0.1, 0.15) is 4.21 Å². The standard InChI is InChI=1S/C21H21N3O5S3/c25-21(16-5-7-18(8-6-16)23-31(26,27)20-4-3-15-30-20)22-17-9-11-19(12-10-17)32(28,29)24-13-1-2-14-24/h3-12,15,23H,1-2,13-14H2,(H,22,25). The molecule has 0 unspecified atom stereocenters. The second kappa shape index (κ2) is 9.02. The molecule has 0 radical (unpaired) electrons. The average molecular weight is 492 g/mol. The summed E-state index contributed by atoms with van der Waals surface area (Å²) >= 11 is 1.11. The van der Waals surface area contributed by atoms with Crippen LogP contribution in [-0.4, -0.2) is 40.1 Å². The second-order valence-electron chi connectivity index (χ2n) is 7.20. The van der Waals surface area contributed by atoms with Crippen molar-refractivity contribution >= 4 is 48.7 Å². The molecule has 0 atom stereocenters. The van der Waals surface area contributed by atoms with E-state index in [1.165, 1.54) is 46.8 Å². The first kappa shape index (κ1) is 22.5. The maximum Gasteiger partial charge on any atom is 0.271 e. The van der Waals surface area contributed by atoms with Crippen LogP contribution in [0.3, 0.4) is 0 Å². The van der Waals surface area contributed by atoms with E-state index in [2.05, 4.69) is 10.0 Å². The minimum Gasteiger partial charge on any atom is -0.322 e. The van der Waals surface area contributed by atoms with Crippen molar-refractivity contribution < 1.29 is 21.6 Å². The molecule has 2 heterocycles. The number of sulfonamides is 2. The van der Waals surface area contributed by atoms with Gasteiger partial charge in [-0.25, -0.2) is 16.8 Å². The van der Waals surface area contributed by atoms with E-state index in [0.29, 0.717) is 30.0 Å². The van der Waals surface area contributed by atoms with Gasteiger partial charge in [0.05, 0.1) is 4.90 Å². The lowest BCUT2D eigenvalue weighted by Crippen LogP contribution is -2.27. The van der Waals surface area contributed by atoms with Gasteiger partial charge in [-0.05, 0) is 72.8 Å². The molecule has 4 rings (SSSR count). The molecule has 1 saturated heterocycles. The van der Waals surface area contributed by atoms with Gasteiger partial charge in [0, 0.05) is 30.0 Å². The first-order valence-corrected chi connectivity index (χ1v) is 13.6. The summed E-state index contributed by atoms with van der Waals surface area (Å²) in [4.78, 5) is 12.7. The summed E-state index contributed by atoms with van der Waals surface area (Å²) in [5.74, 6) is -0.396. The molecule has 1 amide bonds. The molecule has 2 aromatic carbocycles. The largest absolute Gasteiger partial charge is 0.322 e. The molecule has 1 aromatic heterocycles. The van der Waals surface area contributed by atoms with Gasteiger partial charge in [-0.3, -0.25) is 9.52 Å². The van der Waals surface area contributed by atoms with Crippen molar-refractivity contribution in [1.29, 1.82) is 0 Å². The molecule has 1 fully saturated rings. The Morgan fingerprint density at radius 1 is 0.844 bits per heavy atom. The average Bonchev–Trinajstić information content (AvgIpc) is 3.49. The van der Waals surface area contributed by atoms with Gasteiger partial charge in [-0.2, -0.15) is 4.31 Å². The van der Waals surface area contributed by atoms with Crippen LogP contribution in [0.1, 0.15) is 23.2 Å². The summed E-state index contributed by atoms with van der Waals surface area (Å²) in [6.45, 7) is 1.06. The Labute approximate surface area is 191 Å². The lowest BCUT2D eigenvalue weighted by Gasteiger charge is -2.15.